The molecule has 142 valence electrons. The van der Waals surface area contributed by atoms with Crippen LogP contribution in [-0.4, -0.2) is 53.5 Å². The van der Waals surface area contributed by atoms with E-state index in [1.807, 2.05) is 56.3 Å². The van der Waals surface area contributed by atoms with Crippen LogP contribution in [0, 0.1) is 5.92 Å². The molecule has 27 heavy (non-hydrogen) atoms. The van der Waals surface area contributed by atoms with Crippen LogP contribution in [-0.2, 0) is 4.79 Å². The third-order valence-electron chi connectivity index (χ3n) is 5.27. The highest BCUT2D eigenvalue weighted by Crippen LogP contribution is 2.27. The lowest BCUT2D eigenvalue weighted by atomic mass is 9.90. The number of nitrogens with zero attached hydrogens (tertiary/aromatic N) is 3. The monoisotopic (exact) mass is 367 g/mol. The molecule has 0 unspecified atom stereocenters. The fraction of sp³-hybridized carbons (Fsp3) is 0.381. The largest absolute Gasteiger partial charge is 0.481 e. The van der Waals surface area contributed by atoms with Crippen molar-refractivity contribution in [2.24, 2.45) is 5.92 Å². The number of carbonyl (C=O) groups excluding carboxylic acids is 1. The second-order valence-electron chi connectivity index (χ2n) is 7.23. The molecule has 1 saturated heterocycles. The topological polar surface area (TPSA) is 73.7 Å². The predicted octanol–water partition coefficient (Wildman–Crippen LogP) is 3.14. The van der Waals surface area contributed by atoms with Gasteiger partial charge in [0.15, 0.2) is 0 Å². The van der Waals surface area contributed by atoms with Crippen LogP contribution in [0.25, 0.3) is 11.1 Å². The number of carbonyl (C=O) groups is 2. The van der Waals surface area contributed by atoms with E-state index < -0.39 is 11.9 Å². The highest BCUT2D eigenvalue weighted by atomic mass is 16.4. The Kier molecular flexibility index (Phi) is 5.44. The highest BCUT2D eigenvalue weighted by Gasteiger charge is 2.35. The van der Waals surface area contributed by atoms with Gasteiger partial charge in [-0.05, 0) is 43.5 Å². The molecule has 3 rings (SSSR count). The molecule has 1 aromatic heterocycles. The zero-order valence-electron chi connectivity index (χ0n) is 15.9. The van der Waals surface area contributed by atoms with Crippen molar-refractivity contribution in [2.45, 2.75) is 25.8 Å². The van der Waals surface area contributed by atoms with E-state index in [4.69, 9.17) is 0 Å². The molecule has 6 heteroatoms. The van der Waals surface area contributed by atoms with Crippen molar-refractivity contribution < 1.29 is 14.7 Å². The number of piperidine rings is 1. The van der Waals surface area contributed by atoms with E-state index in [0.29, 0.717) is 24.9 Å². The normalized spacial score (nSPS) is 19.6. The summed E-state index contributed by atoms with van der Waals surface area (Å²) in [7, 11) is 3.97. The zero-order chi connectivity index (χ0) is 19.6. The van der Waals surface area contributed by atoms with Gasteiger partial charge in [0.2, 0.25) is 0 Å². The van der Waals surface area contributed by atoms with Crippen molar-refractivity contribution in [3.63, 3.8) is 0 Å². The maximum atomic E-state index is 13.0. The Hall–Kier alpha value is -2.89. The van der Waals surface area contributed by atoms with Crippen LogP contribution in [0.15, 0.2) is 42.7 Å². The molecule has 2 atom stereocenters. The Bertz CT molecular complexity index is 833. The van der Waals surface area contributed by atoms with Gasteiger partial charge in [0.25, 0.3) is 5.91 Å². The first-order valence-corrected chi connectivity index (χ1v) is 9.15. The molecule has 1 fully saturated rings. The van der Waals surface area contributed by atoms with Gasteiger partial charge in [0.1, 0.15) is 0 Å². The maximum Gasteiger partial charge on any atom is 0.308 e. The molecule has 1 aliphatic rings. The molecule has 0 bridgehead atoms. The van der Waals surface area contributed by atoms with E-state index in [-0.39, 0.29) is 11.9 Å². The minimum absolute atomic E-state index is 0.160. The van der Waals surface area contributed by atoms with Crippen LogP contribution in [0.4, 0.5) is 5.69 Å². The van der Waals surface area contributed by atoms with E-state index in [1.165, 1.54) is 0 Å². The summed E-state index contributed by atoms with van der Waals surface area (Å²) in [6.45, 7) is 2.39. The van der Waals surface area contributed by atoms with Crippen LogP contribution < -0.4 is 4.90 Å². The number of aliphatic carboxylic acids is 1. The molecule has 2 aromatic rings. The fourth-order valence-corrected chi connectivity index (χ4v) is 3.59. The molecule has 1 N–H and O–H groups in total. The number of anilines is 1. The fourth-order valence-electron chi connectivity index (χ4n) is 3.59. The second-order valence-corrected chi connectivity index (χ2v) is 7.23. The van der Waals surface area contributed by atoms with Gasteiger partial charge >= 0.3 is 5.97 Å². The van der Waals surface area contributed by atoms with Crippen LogP contribution in [0.3, 0.4) is 0 Å². The molecule has 1 aliphatic heterocycles. The quantitative estimate of drug-likeness (QED) is 0.899. The smallest absolute Gasteiger partial charge is 0.308 e. The first kappa shape index (κ1) is 18.9. The van der Waals surface area contributed by atoms with E-state index in [9.17, 15) is 14.7 Å². The minimum atomic E-state index is -0.840. The lowest BCUT2D eigenvalue weighted by Gasteiger charge is -2.37. The van der Waals surface area contributed by atoms with E-state index >= 15 is 0 Å². The zero-order valence-corrected chi connectivity index (χ0v) is 15.9. The third-order valence-corrected chi connectivity index (χ3v) is 5.27. The van der Waals surface area contributed by atoms with E-state index in [0.717, 1.165) is 16.8 Å². The van der Waals surface area contributed by atoms with Crippen molar-refractivity contribution in [3.05, 3.63) is 48.3 Å². The first-order valence-electron chi connectivity index (χ1n) is 9.15. The summed E-state index contributed by atoms with van der Waals surface area (Å²) >= 11 is 0. The number of likely N-dealkylation sites (tertiary alicyclic amines) is 1. The Morgan fingerprint density at radius 2 is 1.85 bits per heavy atom. The second kappa shape index (κ2) is 7.78. The van der Waals surface area contributed by atoms with Gasteiger partial charge in [-0.15, -0.1) is 0 Å². The van der Waals surface area contributed by atoms with Gasteiger partial charge in [-0.1, -0.05) is 12.1 Å². The Labute approximate surface area is 159 Å². The summed E-state index contributed by atoms with van der Waals surface area (Å²) in [5.41, 5.74) is 3.44. The van der Waals surface area contributed by atoms with Gasteiger partial charge in [-0.2, -0.15) is 0 Å². The van der Waals surface area contributed by atoms with Gasteiger partial charge < -0.3 is 14.9 Å². The summed E-state index contributed by atoms with van der Waals surface area (Å²) in [5.74, 6) is -1.52. The number of rotatable bonds is 4. The Balaban J connectivity index is 1.84. The van der Waals surface area contributed by atoms with E-state index in [2.05, 4.69) is 4.98 Å². The van der Waals surface area contributed by atoms with Gasteiger partial charge in [-0.25, -0.2) is 0 Å². The van der Waals surface area contributed by atoms with Crippen molar-refractivity contribution in [1.29, 1.82) is 0 Å². The molecule has 0 aliphatic carbocycles. The summed E-state index contributed by atoms with van der Waals surface area (Å²) in [4.78, 5) is 32.4. The first-order chi connectivity index (χ1) is 12.9. The van der Waals surface area contributed by atoms with E-state index in [1.54, 1.807) is 17.3 Å². The number of aromatic nitrogens is 1. The molecule has 1 aromatic carbocycles. The maximum absolute atomic E-state index is 13.0. The summed E-state index contributed by atoms with van der Waals surface area (Å²) < 4.78 is 0. The number of amides is 1. The number of carboxylic acid groups (broad SMARTS) is 1. The summed E-state index contributed by atoms with van der Waals surface area (Å²) in [5, 5.41) is 9.38. The van der Waals surface area contributed by atoms with Crippen LogP contribution in [0.1, 0.15) is 30.1 Å². The average molecular weight is 367 g/mol. The molecule has 2 heterocycles. The van der Waals surface area contributed by atoms with Gasteiger partial charge in [-0.3, -0.25) is 14.6 Å². The predicted molar refractivity (Wildman–Crippen MR) is 105 cm³/mol. The standard InChI is InChI=1S/C21H25N3O3/c1-14-19(21(26)27)5-4-10-24(14)20(25)17-11-16(12-22-13-17)15-6-8-18(9-7-15)23(2)3/h6-9,11-14,19H,4-5,10H2,1-3H3,(H,26,27)/t14-,19-/m1/s1. The third kappa shape index (κ3) is 3.94. The minimum Gasteiger partial charge on any atom is -0.481 e. The SMILES string of the molecule is C[C@@H]1[C@H](C(=O)O)CCCN1C(=O)c1cncc(-c2ccc(N(C)C)cc2)c1. The molecular formula is C21H25N3O3. The molecule has 0 radical (unpaired) electrons. The number of pyridine rings is 1. The van der Waals surface area contributed by atoms with Crippen LogP contribution >= 0.6 is 0 Å². The summed E-state index contributed by atoms with van der Waals surface area (Å²) in [6.07, 6.45) is 4.60. The Morgan fingerprint density at radius 1 is 1.15 bits per heavy atom. The lowest BCUT2D eigenvalue weighted by Crippen LogP contribution is -2.49. The molecule has 0 spiro atoms. The van der Waals surface area contributed by atoms with Crippen molar-refractivity contribution in [3.8, 4) is 11.1 Å². The van der Waals surface area contributed by atoms with Gasteiger partial charge in [0, 0.05) is 50.3 Å². The van der Waals surface area contributed by atoms with Crippen molar-refractivity contribution >= 4 is 17.6 Å². The molecule has 6 nitrogen and oxygen atoms in total. The van der Waals surface area contributed by atoms with Crippen molar-refractivity contribution in [2.75, 3.05) is 25.5 Å². The summed E-state index contributed by atoms with van der Waals surface area (Å²) in [6, 6.07) is 9.56. The molecule has 1 amide bonds. The highest BCUT2D eigenvalue weighted by molar-refractivity contribution is 5.95. The molecule has 0 saturated carbocycles. The Morgan fingerprint density at radius 3 is 2.48 bits per heavy atom. The average Bonchev–Trinajstić information content (AvgIpc) is 2.67. The number of carboxylic acids is 1. The number of hydrogen-bond donors (Lipinski definition) is 1. The lowest BCUT2D eigenvalue weighted by molar-refractivity contribution is -0.144. The van der Waals surface area contributed by atoms with Gasteiger partial charge in [0.05, 0.1) is 11.5 Å². The number of benzene rings is 1. The number of hydrogen-bond acceptors (Lipinski definition) is 4. The van der Waals surface area contributed by atoms with Crippen molar-refractivity contribution in [1.82, 2.24) is 9.88 Å². The van der Waals surface area contributed by atoms with Crippen LogP contribution in [0.2, 0.25) is 0 Å². The van der Waals surface area contributed by atoms with Crippen LogP contribution in [0.5, 0.6) is 0 Å². The molecular weight excluding hydrogens is 342 g/mol.